The van der Waals surface area contributed by atoms with Crippen LogP contribution >= 0.6 is 15.9 Å². The van der Waals surface area contributed by atoms with Crippen LogP contribution in [0.3, 0.4) is 0 Å². The molecule has 0 bridgehead atoms. The van der Waals surface area contributed by atoms with Gasteiger partial charge in [-0.05, 0) is 47.4 Å². The van der Waals surface area contributed by atoms with Crippen LogP contribution in [-0.4, -0.2) is 16.7 Å². The Hall–Kier alpha value is -1.34. The van der Waals surface area contributed by atoms with Gasteiger partial charge in [-0.3, -0.25) is 0 Å². The van der Waals surface area contributed by atoms with Gasteiger partial charge in [-0.2, -0.15) is 4.98 Å². The van der Waals surface area contributed by atoms with Gasteiger partial charge in [0.2, 0.25) is 11.7 Å². The third-order valence-corrected chi connectivity index (χ3v) is 3.76. The predicted molar refractivity (Wildman–Crippen MR) is 74.1 cm³/mol. The van der Waals surface area contributed by atoms with Crippen LogP contribution in [0, 0.1) is 11.6 Å². The van der Waals surface area contributed by atoms with E-state index in [4.69, 9.17) is 10.3 Å². The molecule has 1 heterocycles. The lowest BCUT2D eigenvalue weighted by Crippen LogP contribution is -2.02. The molecule has 2 aromatic rings. The molecule has 0 aliphatic carbocycles. The maximum Gasteiger partial charge on any atom is 0.229 e. The van der Waals surface area contributed by atoms with Crippen molar-refractivity contribution in [3.8, 4) is 11.4 Å². The molecular weight excluding hydrogens is 332 g/mol. The highest BCUT2D eigenvalue weighted by molar-refractivity contribution is 9.10. The Kier molecular flexibility index (Phi) is 4.82. The van der Waals surface area contributed by atoms with E-state index in [1.165, 1.54) is 6.07 Å². The van der Waals surface area contributed by atoms with Crippen molar-refractivity contribution < 1.29 is 13.3 Å². The Bertz CT molecular complexity index is 603. The van der Waals surface area contributed by atoms with Crippen molar-refractivity contribution in [2.45, 2.75) is 25.7 Å². The van der Waals surface area contributed by atoms with Gasteiger partial charge in [0.05, 0.1) is 4.47 Å². The molecule has 0 aliphatic heterocycles. The molecule has 1 aromatic carbocycles. The number of aromatic nitrogens is 2. The average molecular weight is 346 g/mol. The molecule has 1 aromatic heterocycles. The Morgan fingerprint density at radius 1 is 1.40 bits per heavy atom. The van der Waals surface area contributed by atoms with Gasteiger partial charge in [0.1, 0.15) is 0 Å². The van der Waals surface area contributed by atoms with Crippen LogP contribution in [0.5, 0.6) is 0 Å². The smallest absolute Gasteiger partial charge is 0.229 e. The van der Waals surface area contributed by atoms with Crippen LogP contribution in [0.25, 0.3) is 11.4 Å². The summed E-state index contributed by atoms with van der Waals surface area (Å²) in [7, 11) is 0. The SMILES string of the molecule is CC(CCCN)c1nc(-c2ccc(F)c(F)c2Br)no1. The van der Waals surface area contributed by atoms with Gasteiger partial charge in [0, 0.05) is 11.5 Å². The number of halogens is 3. The van der Waals surface area contributed by atoms with Crippen LogP contribution in [0.1, 0.15) is 31.6 Å². The predicted octanol–water partition coefficient (Wildman–Crippen LogP) is 3.62. The van der Waals surface area contributed by atoms with Gasteiger partial charge in [0.15, 0.2) is 11.6 Å². The number of hydrogen-bond donors (Lipinski definition) is 1. The van der Waals surface area contributed by atoms with Gasteiger partial charge in [0.25, 0.3) is 0 Å². The maximum absolute atomic E-state index is 13.5. The van der Waals surface area contributed by atoms with Gasteiger partial charge < -0.3 is 10.3 Å². The van der Waals surface area contributed by atoms with Crippen molar-refractivity contribution in [1.82, 2.24) is 10.1 Å². The second kappa shape index (κ2) is 6.41. The molecule has 108 valence electrons. The lowest BCUT2D eigenvalue weighted by Gasteiger charge is -2.04. The first-order chi connectivity index (χ1) is 9.54. The second-order valence-electron chi connectivity index (χ2n) is 4.51. The summed E-state index contributed by atoms with van der Waals surface area (Å²) in [5.74, 6) is -1.13. The van der Waals surface area contributed by atoms with Gasteiger partial charge in [-0.1, -0.05) is 12.1 Å². The van der Waals surface area contributed by atoms with E-state index < -0.39 is 11.6 Å². The zero-order valence-corrected chi connectivity index (χ0v) is 12.5. The highest BCUT2D eigenvalue weighted by Crippen LogP contribution is 2.31. The highest BCUT2D eigenvalue weighted by Gasteiger charge is 2.19. The van der Waals surface area contributed by atoms with Gasteiger partial charge in [-0.15, -0.1) is 0 Å². The van der Waals surface area contributed by atoms with E-state index >= 15 is 0 Å². The first kappa shape index (κ1) is 15.1. The second-order valence-corrected chi connectivity index (χ2v) is 5.30. The summed E-state index contributed by atoms with van der Waals surface area (Å²) in [6, 6.07) is 2.44. The molecule has 0 fully saturated rings. The summed E-state index contributed by atoms with van der Waals surface area (Å²) < 4.78 is 31.7. The molecule has 2 rings (SSSR count). The van der Waals surface area contributed by atoms with E-state index in [2.05, 4.69) is 26.1 Å². The van der Waals surface area contributed by atoms with E-state index in [-0.39, 0.29) is 16.2 Å². The summed E-state index contributed by atoms with van der Waals surface area (Å²) in [6.45, 7) is 2.55. The Labute approximate surface area is 123 Å². The molecule has 0 amide bonds. The molecule has 4 nitrogen and oxygen atoms in total. The van der Waals surface area contributed by atoms with Crippen molar-refractivity contribution in [3.05, 3.63) is 34.1 Å². The molecule has 0 spiro atoms. The molecule has 1 atom stereocenters. The zero-order chi connectivity index (χ0) is 14.7. The maximum atomic E-state index is 13.5. The third kappa shape index (κ3) is 3.04. The topological polar surface area (TPSA) is 64.9 Å². The molecule has 0 aliphatic rings. The summed E-state index contributed by atoms with van der Waals surface area (Å²) in [5, 5.41) is 3.81. The summed E-state index contributed by atoms with van der Waals surface area (Å²) in [4.78, 5) is 4.23. The largest absolute Gasteiger partial charge is 0.339 e. The minimum absolute atomic E-state index is 0.0144. The van der Waals surface area contributed by atoms with E-state index in [9.17, 15) is 8.78 Å². The fourth-order valence-electron chi connectivity index (χ4n) is 1.79. The van der Waals surface area contributed by atoms with Crippen molar-refractivity contribution in [2.24, 2.45) is 5.73 Å². The van der Waals surface area contributed by atoms with Crippen LogP contribution in [0.2, 0.25) is 0 Å². The molecule has 0 saturated heterocycles. The molecule has 1 unspecified atom stereocenters. The fourth-order valence-corrected chi connectivity index (χ4v) is 2.29. The normalized spacial score (nSPS) is 12.7. The summed E-state index contributed by atoms with van der Waals surface area (Å²) in [6.07, 6.45) is 1.69. The van der Waals surface area contributed by atoms with Gasteiger partial charge in [-0.25, -0.2) is 8.78 Å². The first-order valence-corrected chi connectivity index (χ1v) is 7.01. The van der Waals surface area contributed by atoms with E-state index in [1.807, 2.05) is 6.92 Å². The lowest BCUT2D eigenvalue weighted by molar-refractivity contribution is 0.352. The molecular formula is C13H14BrF2N3O. The van der Waals surface area contributed by atoms with Crippen molar-refractivity contribution >= 4 is 15.9 Å². The Morgan fingerprint density at radius 2 is 2.15 bits per heavy atom. The third-order valence-electron chi connectivity index (χ3n) is 2.98. The van der Waals surface area contributed by atoms with Crippen LogP contribution < -0.4 is 5.73 Å². The molecule has 0 saturated carbocycles. The van der Waals surface area contributed by atoms with Crippen molar-refractivity contribution in [1.29, 1.82) is 0 Å². The summed E-state index contributed by atoms with van der Waals surface area (Å²) >= 11 is 3.00. The Morgan fingerprint density at radius 3 is 2.85 bits per heavy atom. The molecule has 7 heteroatoms. The minimum atomic E-state index is -0.968. The van der Waals surface area contributed by atoms with E-state index in [1.54, 1.807) is 0 Å². The monoisotopic (exact) mass is 345 g/mol. The quantitative estimate of drug-likeness (QED) is 0.840. The van der Waals surface area contributed by atoms with Gasteiger partial charge >= 0.3 is 0 Å². The molecule has 20 heavy (non-hydrogen) atoms. The first-order valence-electron chi connectivity index (χ1n) is 6.22. The van der Waals surface area contributed by atoms with Crippen LogP contribution in [0.4, 0.5) is 8.78 Å². The molecule has 0 radical (unpaired) electrons. The molecule has 2 N–H and O–H groups in total. The van der Waals surface area contributed by atoms with Crippen LogP contribution in [0.15, 0.2) is 21.1 Å². The fraction of sp³-hybridized carbons (Fsp3) is 0.385. The standard InChI is InChI=1S/C13H14BrF2N3O/c1-7(3-2-6-17)13-18-12(19-20-13)8-4-5-9(15)11(16)10(8)14/h4-5,7H,2-3,6,17H2,1H3. The van der Waals surface area contributed by atoms with E-state index in [0.29, 0.717) is 18.0 Å². The lowest BCUT2D eigenvalue weighted by atomic mass is 10.1. The zero-order valence-electron chi connectivity index (χ0n) is 10.9. The Balaban J connectivity index is 2.27. The number of rotatable bonds is 5. The number of nitrogens with zero attached hydrogens (tertiary/aromatic N) is 2. The van der Waals surface area contributed by atoms with Crippen molar-refractivity contribution in [3.63, 3.8) is 0 Å². The highest BCUT2D eigenvalue weighted by atomic mass is 79.9. The number of benzene rings is 1. The average Bonchev–Trinajstić information content (AvgIpc) is 2.92. The number of nitrogens with two attached hydrogens (primary N) is 1. The summed E-state index contributed by atoms with van der Waals surface area (Å²) in [5.41, 5.74) is 5.80. The number of hydrogen-bond acceptors (Lipinski definition) is 4. The van der Waals surface area contributed by atoms with Crippen LogP contribution in [-0.2, 0) is 0 Å². The van der Waals surface area contributed by atoms with Crippen molar-refractivity contribution in [2.75, 3.05) is 6.54 Å². The minimum Gasteiger partial charge on any atom is -0.339 e. The van der Waals surface area contributed by atoms with E-state index in [0.717, 1.165) is 18.9 Å².